The number of hydrogen-bond donors (Lipinski definition) is 0. The molecule has 0 N–H and O–H groups in total. The highest BCUT2D eigenvalue weighted by atomic mass is 32.2. The van der Waals surface area contributed by atoms with E-state index in [4.69, 9.17) is 9.47 Å². The van der Waals surface area contributed by atoms with Gasteiger partial charge < -0.3 is 9.47 Å². The van der Waals surface area contributed by atoms with Gasteiger partial charge in [-0.3, -0.25) is 19.2 Å². The van der Waals surface area contributed by atoms with Gasteiger partial charge in [-0.25, -0.2) is 8.42 Å². The van der Waals surface area contributed by atoms with E-state index >= 15 is 0 Å². The summed E-state index contributed by atoms with van der Waals surface area (Å²) in [7, 11) is -4.28. The van der Waals surface area contributed by atoms with Crippen LogP contribution in [0.1, 0.15) is 13.8 Å². The number of rotatable bonds is 9. The van der Waals surface area contributed by atoms with Crippen molar-refractivity contribution in [3.05, 3.63) is 58.6 Å². The second kappa shape index (κ2) is 9.18. The molecule has 2 aromatic carbocycles. The molecule has 0 atom stereocenters. The lowest BCUT2D eigenvalue weighted by Gasteiger charge is -2.24. The van der Waals surface area contributed by atoms with Crippen LogP contribution in [0.5, 0.6) is 5.75 Å². The number of nitro groups is 1. The summed E-state index contributed by atoms with van der Waals surface area (Å²) in [4.78, 5) is 22.0. The number of benzene rings is 2. The zero-order chi connectivity index (χ0) is 20.7. The van der Waals surface area contributed by atoms with Gasteiger partial charge in [-0.15, -0.1) is 0 Å². The highest BCUT2D eigenvalue weighted by Crippen LogP contribution is 2.28. The van der Waals surface area contributed by atoms with Crippen molar-refractivity contribution >= 4 is 27.4 Å². The van der Waals surface area contributed by atoms with E-state index in [2.05, 4.69) is 0 Å². The second-order valence-corrected chi connectivity index (χ2v) is 7.36. The SMILES string of the molecule is CCOC(=O)CN(c1cccc(OCC)c1)S(=O)(=O)c1cccc([N+](=O)[O-])c1. The first kappa shape index (κ1) is 21.2. The van der Waals surface area contributed by atoms with Crippen molar-refractivity contribution in [1.82, 2.24) is 0 Å². The van der Waals surface area contributed by atoms with Crippen molar-refractivity contribution < 1.29 is 27.6 Å². The maximum Gasteiger partial charge on any atom is 0.326 e. The van der Waals surface area contributed by atoms with Crippen LogP contribution in [0.4, 0.5) is 11.4 Å². The first-order valence-corrected chi connectivity index (χ1v) is 9.89. The number of esters is 1. The highest BCUT2D eigenvalue weighted by molar-refractivity contribution is 7.92. The fourth-order valence-electron chi connectivity index (χ4n) is 2.42. The van der Waals surface area contributed by atoms with E-state index in [1.165, 1.54) is 30.3 Å². The number of nitro benzene ring substituents is 1. The number of anilines is 1. The maximum absolute atomic E-state index is 13.2. The van der Waals surface area contributed by atoms with Gasteiger partial charge in [0.15, 0.2) is 0 Å². The van der Waals surface area contributed by atoms with Gasteiger partial charge in [0.1, 0.15) is 12.3 Å². The summed E-state index contributed by atoms with van der Waals surface area (Å²) in [5.74, 6) is -0.332. The third-order valence-electron chi connectivity index (χ3n) is 3.61. The Morgan fingerprint density at radius 1 is 1.11 bits per heavy atom. The third-order valence-corrected chi connectivity index (χ3v) is 5.38. The minimum Gasteiger partial charge on any atom is -0.494 e. The van der Waals surface area contributed by atoms with Crippen LogP contribution in [0.3, 0.4) is 0 Å². The molecule has 0 bridgehead atoms. The molecular formula is C18H20N2O7S. The Morgan fingerprint density at radius 2 is 1.82 bits per heavy atom. The van der Waals surface area contributed by atoms with Crippen LogP contribution in [-0.2, 0) is 19.6 Å². The van der Waals surface area contributed by atoms with E-state index in [0.29, 0.717) is 12.4 Å². The molecule has 0 heterocycles. The van der Waals surface area contributed by atoms with E-state index in [9.17, 15) is 23.3 Å². The lowest BCUT2D eigenvalue weighted by molar-refractivity contribution is -0.385. The summed E-state index contributed by atoms with van der Waals surface area (Å²) < 4.78 is 37.5. The number of nitrogens with zero attached hydrogens (tertiary/aromatic N) is 2. The summed E-state index contributed by atoms with van der Waals surface area (Å²) in [6.45, 7) is 3.26. The summed E-state index contributed by atoms with van der Waals surface area (Å²) in [6, 6.07) is 10.8. The highest BCUT2D eigenvalue weighted by Gasteiger charge is 2.29. The molecule has 0 saturated carbocycles. The number of ether oxygens (including phenoxy) is 2. The smallest absolute Gasteiger partial charge is 0.326 e. The van der Waals surface area contributed by atoms with Gasteiger partial charge in [-0.05, 0) is 32.0 Å². The largest absolute Gasteiger partial charge is 0.494 e. The number of sulfonamides is 1. The quantitative estimate of drug-likeness (QED) is 0.356. The van der Waals surface area contributed by atoms with Crippen LogP contribution in [0.2, 0.25) is 0 Å². The van der Waals surface area contributed by atoms with E-state index < -0.39 is 27.5 Å². The van der Waals surface area contributed by atoms with Gasteiger partial charge in [0.2, 0.25) is 0 Å². The molecule has 2 aromatic rings. The van der Waals surface area contributed by atoms with Gasteiger partial charge in [0, 0.05) is 18.2 Å². The normalized spacial score (nSPS) is 10.9. The second-order valence-electron chi connectivity index (χ2n) is 5.50. The van der Waals surface area contributed by atoms with Gasteiger partial charge in [0.25, 0.3) is 15.7 Å². The molecular weight excluding hydrogens is 388 g/mol. The minimum atomic E-state index is -4.28. The van der Waals surface area contributed by atoms with Gasteiger partial charge >= 0.3 is 5.97 Å². The molecule has 0 saturated heterocycles. The predicted octanol–water partition coefficient (Wildman–Crippen LogP) is 2.75. The molecule has 0 amide bonds. The Hall–Kier alpha value is -3.14. The Morgan fingerprint density at radius 3 is 2.46 bits per heavy atom. The molecule has 10 heteroatoms. The Labute approximate surface area is 162 Å². The van der Waals surface area contributed by atoms with Crippen molar-refractivity contribution in [2.75, 3.05) is 24.1 Å². The fourth-order valence-corrected chi connectivity index (χ4v) is 3.86. The number of hydrogen-bond acceptors (Lipinski definition) is 7. The monoisotopic (exact) mass is 408 g/mol. The maximum atomic E-state index is 13.2. The van der Waals surface area contributed by atoms with Crippen LogP contribution in [0.15, 0.2) is 53.4 Å². The predicted molar refractivity (Wildman–Crippen MR) is 102 cm³/mol. The summed E-state index contributed by atoms with van der Waals surface area (Å²) in [5, 5.41) is 11.0. The zero-order valence-corrected chi connectivity index (χ0v) is 16.2. The number of carbonyl (C=O) groups is 1. The zero-order valence-electron chi connectivity index (χ0n) is 15.4. The fraction of sp³-hybridized carbons (Fsp3) is 0.278. The summed E-state index contributed by atoms with van der Waals surface area (Å²) in [6.07, 6.45) is 0. The van der Waals surface area contributed by atoms with Crippen LogP contribution >= 0.6 is 0 Å². The van der Waals surface area contributed by atoms with Gasteiger partial charge in [-0.1, -0.05) is 12.1 Å². The molecule has 0 unspecified atom stereocenters. The molecule has 0 aromatic heterocycles. The molecule has 0 fully saturated rings. The van der Waals surface area contributed by atoms with Crippen LogP contribution in [0.25, 0.3) is 0 Å². The van der Waals surface area contributed by atoms with Crippen LogP contribution in [0, 0.1) is 10.1 Å². The Kier molecular flexibility index (Phi) is 6.94. The van der Waals surface area contributed by atoms with E-state index in [1.807, 2.05) is 0 Å². The molecule has 0 aliphatic rings. The summed E-state index contributed by atoms with van der Waals surface area (Å²) in [5.41, 5.74) is -0.203. The molecule has 150 valence electrons. The number of carbonyl (C=O) groups excluding carboxylic acids is 1. The van der Waals surface area contributed by atoms with Gasteiger partial charge in [0.05, 0.1) is 28.7 Å². The third kappa shape index (κ3) is 4.97. The first-order valence-electron chi connectivity index (χ1n) is 8.45. The lowest BCUT2D eigenvalue weighted by atomic mass is 10.3. The average molecular weight is 408 g/mol. The minimum absolute atomic E-state index is 0.0858. The van der Waals surface area contributed by atoms with Crippen molar-refractivity contribution in [2.45, 2.75) is 18.7 Å². The van der Waals surface area contributed by atoms with Crippen LogP contribution in [-0.4, -0.2) is 39.1 Å². The number of non-ortho nitro benzene ring substituents is 1. The van der Waals surface area contributed by atoms with E-state index in [-0.39, 0.29) is 22.9 Å². The van der Waals surface area contributed by atoms with Crippen molar-refractivity contribution in [3.8, 4) is 5.75 Å². The Bertz CT molecular complexity index is 960. The molecule has 28 heavy (non-hydrogen) atoms. The summed E-state index contributed by atoms with van der Waals surface area (Å²) >= 11 is 0. The molecule has 9 nitrogen and oxygen atoms in total. The molecule has 0 spiro atoms. The molecule has 0 aliphatic heterocycles. The lowest BCUT2D eigenvalue weighted by Crippen LogP contribution is -2.36. The first-order chi connectivity index (χ1) is 13.3. The van der Waals surface area contributed by atoms with E-state index in [0.717, 1.165) is 10.4 Å². The van der Waals surface area contributed by atoms with Crippen molar-refractivity contribution in [2.24, 2.45) is 0 Å². The Balaban J connectivity index is 2.54. The molecule has 0 radical (unpaired) electrons. The topological polar surface area (TPSA) is 116 Å². The van der Waals surface area contributed by atoms with Crippen LogP contribution < -0.4 is 9.04 Å². The molecule has 2 rings (SSSR count). The van der Waals surface area contributed by atoms with E-state index in [1.54, 1.807) is 26.0 Å². The van der Waals surface area contributed by atoms with Gasteiger partial charge in [-0.2, -0.15) is 0 Å². The average Bonchev–Trinajstić information content (AvgIpc) is 2.67. The van der Waals surface area contributed by atoms with Crippen molar-refractivity contribution in [1.29, 1.82) is 0 Å². The molecule has 0 aliphatic carbocycles. The van der Waals surface area contributed by atoms with Crippen molar-refractivity contribution in [3.63, 3.8) is 0 Å². The standard InChI is InChI=1S/C18H20N2O7S/c1-3-26-16-9-5-7-14(11-16)19(13-18(21)27-4-2)28(24,25)17-10-6-8-15(12-17)20(22)23/h5-12H,3-4,13H2,1-2H3.